The molecule has 98 valence electrons. The summed E-state index contributed by atoms with van der Waals surface area (Å²) in [7, 11) is 0. The lowest BCUT2D eigenvalue weighted by Crippen LogP contribution is -2.03. The number of aromatic nitrogens is 1. The van der Waals surface area contributed by atoms with Crippen molar-refractivity contribution in [1.82, 2.24) is 4.98 Å². The summed E-state index contributed by atoms with van der Waals surface area (Å²) in [5.74, 6) is 0.940. The number of ether oxygens (including phenoxy) is 1. The minimum Gasteiger partial charge on any atom is -0.489 e. The fourth-order valence-electron chi connectivity index (χ4n) is 2.46. The number of halogens is 1. The van der Waals surface area contributed by atoms with Crippen molar-refractivity contribution in [3.8, 4) is 5.75 Å². The number of fused-ring (bicyclic) bond motifs is 1. The van der Waals surface area contributed by atoms with Gasteiger partial charge in [0.2, 0.25) is 0 Å². The monoisotopic (exact) mass is 273 g/mol. The molecule has 0 spiro atoms. The first-order valence-corrected chi connectivity index (χ1v) is 7.04. The summed E-state index contributed by atoms with van der Waals surface area (Å²) in [6.45, 7) is 0.531. The maximum atomic E-state index is 5.81. The first-order valence-electron chi connectivity index (χ1n) is 6.66. The lowest BCUT2D eigenvalue weighted by molar-refractivity contribution is 0.305. The van der Waals surface area contributed by atoms with Crippen molar-refractivity contribution < 1.29 is 4.74 Å². The second-order valence-corrected chi connectivity index (χ2v) is 5.30. The van der Waals surface area contributed by atoms with Crippen LogP contribution in [-0.2, 0) is 19.4 Å². The van der Waals surface area contributed by atoms with Crippen molar-refractivity contribution in [2.75, 3.05) is 0 Å². The van der Waals surface area contributed by atoms with E-state index >= 15 is 0 Å². The first-order chi connectivity index (χ1) is 9.31. The Morgan fingerprint density at radius 3 is 2.68 bits per heavy atom. The molecule has 0 N–H and O–H groups in total. The van der Waals surface area contributed by atoms with Crippen molar-refractivity contribution >= 4 is 11.6 Å². The highest BCUT2D eigenvalue weighted by atomic mass is 35.5. The molecule has 0 fully saturated rings. The second-order valence-electron chi connectivity index (χ2n) is 4.92. The van der Waals surface area contributed by atoms with Crippen molar-refractivity contribution in [2.45, 2.75) is 32.3 Å². The van der Waals surface area contributed by atoms with Crippen molar-refractivity contribution in [3.05, 3.63) is 58.4 Å². The van der Waals surface area contributed by atoms with Gasteiger partial charge in [-0.25, -0.2) is 4.98 Å². The third kappa shape index (κ3) is 3.07. The summed E-state index contributed by atoms with van der Waals surface area (Å²) >= 11 is 5.76. The molecule has 0 aliphatic heterocycles. The molecule has 2 aromatic rings. The molecule has 1 aromatic carbocycles. The number of rotatable bonds is 3. The molecule has 1 aromatic heterocycles. The Hall–Kier alpha value is -1.54. The van der Waals surface area contributed by atoms with Gasteiger partial charge in [0.05, 0.1) is 0 Å². The van der Waals surface area contributed by atoms with Gasteiger partial charge in [-0.1, -0.05) is 23.7 Å². The highest BCUT2D eigenvalue weighted by Gasteiger charge is 2.09. The molecule has 3 heteroatoms. The highest BCUT2D eigenvalue weighted by Crippen LogP contribution is 2.25. The standard InChI is InChI=1S/C16H16ClNO/c17-16-8-5-12(10-18-16)11-19-15-7-6-13-3-1-2-4-14(13)9-15/h5-10H,1-4,11H2. The van der Waals surface area contributed by atoms with Gasteiger partial charge in [0.1, 0.15) is 17.5 Å². The van der Waals surface area contributed by atoms with Crippen LogP contribution in [0.2, 0.25) is 5.15 Å². The summed E-state index contributed by atoms with van der Waals surface area (Å²) in [4.78, 5) is 4.05. The van der Waals surface area contributed by atoms with Gasteiger partial charge in [-0.15, -0.1) is 0 Å². The first kappa shape index (κ1) is 12.5. The largest absolute Gasteiger partial charge is 0.489 e. The molecule has 0 unspecified atom stereocenters. The van der Waals surface area contributed by atoms with Gasteiger partial charge in [-0.3, -0.25) is 0 Å². The molecule has 0 radical (unpaired) electrons. The molecule has 1 aliphatic carbocycles. The zero-order chi connectivity index (χ0) is 13.1. The lowest BCUT2D eigenvalue weighted by atomic mass is 9.92. The van der Waals surface area contributed by atoms with Crippen LogP contribution in [0, 0.1) is 0 Å². The zero-order valence-corrected chi connectivity index (χ0v) is 11.5. The van der Waals surface area contributed by atoms with E-state index in [9.17, 15) is 0 Å². The Bertz CT molecular complexity index is 565. The Labute approximate surface area is 118 Å². The van der Waals surface area contributed by atoms with Crippen LogP contribution in [0.25, 0.3) is 0 Å². The van der Waals surface area contributed by atoms with E-state index in [4.69, 9.17) is 16.3 Å². The van der Waals surface area contributed by atoms with Crippen LogP contribution in [0.4, 0.5) is 0 Å². The summed E-state index contributed by atoms with van der Waals surface area (Å²) in [6, 6.07) is 10.2. The van der Waals surface area contributed by atoms with Crippen LogP contribution in [0.5, 0.6) is 5.75 Å². The number of nitrogens with zero attached hydrogens (tertiary/aromatic N) is 1. The third-order valence-electron chi connectivity index (χ3n) is 3.51. The lowest BCUT2D eigenvalue weighted by Gasteiger charge is -2.16. The van der Waals surface area contributed by atoms with Crippen molar-refractivity contribution in [3.63, 3.8) is 0 Å². The van der Waals surface area contributed by atoms with Crippen LogP contribution < -0.4 is 4.74 Å². The molecule has 0 atom stereocenters. The molecule has 0 amide bonds. The molecule has 2 nitrogen and oxygen atoms in total. The molecule has 3 rings (SSSR count). The maximum Gasteiger partial charge on any atom is 0.129 e. The number of hydrogen-bond donors (Lipinski definition) is 0. The van der Waals surface area contributed by atoms with Gasteiger partial charge in [0.15, 0.2) is 0 Å². The average molecular weight is 274 g/mol. The van der Waals surface area contributed by atoms with Gasteiger partial charge >= 0.3 is 0 Å². The van der Waals surface area contributed by atoms with E-state index in [2.05, 4.69) is 23.2 Å². The molecular formula is C16H16ClNO. The van der Waals surface area contributed by atoms with Crippen LogP contribution in [0.1, 0.15) is 29.5 Å². The molecule has 1 aliphatic rings. The van der Waals surface area contributed by atoms with E-state index in [1.165, 1.54) is 36.8 Å². The van der Waals surface area contributed by atoms with Gasteiger partial charge < -0.3 is 4.74 Å². The van der Waals surface area contributed by atoms with E-state index in [0.29, 0.717) is 11.8 Å². The van der Waals surface area contributed by atoms with E-state index in [0.717, 1.165) is 11.3 Å². The topological polar surface area (TPSA) is 22.1 Å². The van der Waals surface area contributed by atoms with Gasteiger partial charge in [-0.2, -0.15) is 0 Å². The molecule has 19 heavy (non-hydrogen) atoms. The van der Waals surface area contributed by atoms with Crippen molar-refractivity contribution in [2.24, 2.45) is 0 Å². The van der Waals surface area contributed by atoms with Crippen LogP contribution in [0.15, 0.2) is 36.5 Å². The highest BCUT2D eigenvalue weighted by molar-refractivity contribution is 6.29. The Balaban J connectivity index is 1.68. The minimum atomic E-state index is 0.512. The van der Waals surface area contributed by atoms with E-state index < -0.39 is 0 Å². The Morgan fingerprint density at radius 1 is 1.05 bits per heavy atom. The van der Waals surface area contributed by atoms with E-state index in [1.807, 2.05) is 6.07 Å². The predicted octanol–water partition coefficient (Wildman–Crippen LogP) is 4.19. The number of pyridine rings is 1. The average Bonchev–Trinajstić information content (AvgIpc) is 2.46. The van der Waals surface area contributed by atoms with Crippen LogP contribution in [-0.4, -0.2) is 4.98 Å². The number of hydrogen-bond acceptors (Lipinski definition) is 2. The normalized spacial score (nSPS) is 13.9. The fraction of sp³-hybridized carbons (Fsp3) is 0.312. The predicted molar refractivity (Wildman–Crippen MR) is 76.7 cm³/mol. The SMILES string of the molecule is Clc1ccc(COc2ccc3c(c2)CCCC3)cn1. The smallest absolute Gasteiger partial charge is 0.129 e. The summed E-state index contributed by atoms with van der Waals surface area (Å²) in [5, 5.41) is 0.512. The molecule has 0 bridgehead atoms. The van der Waals surface area contributed by atoms with Gasteiger partial charge in [-0.05, 0) is 55.0 Å². The minimum absolute atomic E-state index is 0.512. The van der Waals surface area contributed by atoms with Crippen molar-refractivity contribution in [1.29, 1.82) is 0 Å². The quantitative estimate of drug-likeness (QED) is 0.782. The maximum absolute atomic E-state index is 5.81. The second kappa shape index (κ2) is 5.62. The third-order valence-corrected chi connectivity index (χ3v) is 3.74. The summed E-state index contributed by atoms with van der Waals surface area (Å²) in [5.41, 5.74) is 3.95. The number of aryl methyl sites for hydroxylation is 2. The molecule has 0 saturated heterocycles. The molecule has 0 saturated carbocycles. The molecule has 1 heterocycles. The van der Waals surface area contributed by atoms with Crippen LogP contribution in [0.3, 0.4) is 0 Å². The van der Waals surface area contributed by atoms with E-state index in [1.54, 1.807) is 12.3 Å². The van der Waals surface area contributed by atoms with Gasteiger partial charge in [0, 0.05) is 11.8 Å². The fourth-order valence-corrected chi connectivity index (χ4v) is 2.57. The van der Waals surface area contributed by atoms with E-state index in [-0.39, 0.29) is 0 Å². The Kier molecular flexibility index (Phi) is 3.69. The van der Waals surface area contributed by atoms with Crippen LogP contribution >= 0.6 is 11.6 Å². The molecular weight excluding hydrogens is 258 g/mol. The summed E-state index contributed by atoms with van der Waals surface area (Å²) in [6.07, 6.45) is 6.73. The number of benzene rings is 1. The Morgan fingerprint density at radius 2 is 1.89 bits per heavy atom. The van der Waals surface area contributed by atoms with Gasteiger partial charge in [0.25, 0.3) is 0 Å². The summed E-state index contributed by atoms with van der Waals surface area (Å²) < 4.78 is 5.81. The zero-order valence-electron chi connectivity index (χ0n) is 10.7.